The van der Waals surface area contributed by atoms with Gasteiger partial charge in [0.15, 0.2) is 0 Å². The van der Waals surface area contributed by atoms with Crippen LogP contribution in [-0.4, -0.2) is 25.9 Å². The molecule has 0 unspecified atom stereocenters. The molecule has 4 nitrogen and oxygen atoms in total. The second-order valence-corrected chi connectivity index (χ2v) is 4.23. The molecular weight excluding hydrogens is 274 g/mol. The minimum Gasteiger partial charge on any atom is -0.489 e. The van der Waals surface area contributed by atoms with Gasteiger partial charge in [0.25, 0.3) is 0 Å². The van der Waals surface area contributed by atoms with Gasteiger partial charge in [-0.3, -0.25) is 4.90 Å². The monoisotopic (exact) mass is 285 g/mol. The summed E-state index contributed by atoms with van der Waals surface area (Å²) >= 11 is 3.36. The van der Waals surface area contributed by atoms with E-state index in [1.165, 1.54) is 0 Å². The number of carbonyl (C=O) groups is 1. The summed E-state index contributed by atoms with van der Waals surface area (Å²) in [6.07, 6.45) is -0.325. The first-order valence-electron chi connectivity index (χ1n) is 5.09. The first-order valence-corrected chi connectivity index (χ1v) is 5.88. The Morgan fingerprint density at radius 3 is 3.19 bits per heavy atom. The summed E-state index contributed by atoms with van der Waals surface area (Å²) in [5, 5.41) is 0. The van der Waals surface area contributed by atoms with Gasteiger partial charge in [-0.05, 0) is 25.1 Å². The van der Waals surface area contributed by atoms with Crippen LogP contribution in [0.2, 0.25) is 0 Å². The molecule has 0 saturated carbocycles. The number of fused-ring (bicyclic) bond motifs is 1. The van der Waals surface area contributed by atoms with Crippen molar-refractivity contribution >= 4 is 27.7 Å². The number of halogens is 1. The van der Waals surface area contributed by atoms with E-state index in [9.17, 15) is 4.79 Å². The molecule has 86 valence electrons. The van der Waals surface area contributed by atoms with Gasteiger partial charge in [0.05, 0.1) is 18.8 Å². The smallest absolute Gasteiger partial charge is 0.414 e. The SMILES string of the molecule is CCOC(=O)N1CCOc2cc(Br)ccc21. The lowest BCUT2D eigenvalue weighted by Gasteiger charge is -2.28. The average Bonchev–Trinajstić information content (AvgIpc) is 2.28. The van der Waals surface area contributed by atoms with Crippen LogP contribution in [-0.2, 0) is 4.74 Å². The van der Waals surface area contributed by atoms with Crippen LogP contribution in [0.1, 0.15) is 6.92 Å². The molecule has 1 heterocycles. The predicted octanol–water partition coefficient (Wildman–Crippen LogP) is 2.80. The molecule has 0 aromatic heterocycles. The fourth-order valence-electron chi connectivity index (χ4n) is 1.58. The van der Waals surface area contributed by atoms with Crippen LogP contribution in [0.3, 0.4) is 0 Å². The molecular formula is C11H12BrNO3. The van der Waals surface area contributed by atoms with Crippen molar-refractivity contribution in [2.75, 3.05) is 24.7 Å². The van der Waals surface area contributed by atoms with E-state index in [1.807, 2.05) is 18.2 Å². The third-order valence-electron chi connectivity index (χ3n) is 2.27. The lowest BCUT2D eigenvalue weighted by molar-refractivity contribution is 0.156. The van der Waals surface area contributed by atoms with Gasteiger partial charge in [-0.1, -0.05) is 15.9 Å². The number of benzene rings is 1. The van der Waals surface area contributed by atoms with Crippen molar-refractivity contribution in [2.24, 2.45) is 0 Å². The number of anilines is 1. The summed E-state index contributed by atoms with van der Waals surface area (Å²) in [5.74, 6) is 0.702. The number of hydrogen-bond donors (Lipinski definition) is 0. The molecule has 1 aliphatic rings. The molecule has 1 aromatic carbocycles. The van der Waals surface area contributed by atoms with Crippen LogP contribution >= 0.6 is 15.9 Å². The van der Waals surface area contributed by atoms with Crippen LogP contribution in [0, 0.1) is 0 Å². The first kappa shape index (κ1) is 11.3. The predicted molar refractivity (Wildman–Crippen MR) is 64.0 cm³/mol. The van der Waals surface area contributed by atoms with Gasteiger partial charge in [-0.15, -0.1) is 0 Å². The fraction of sp³-hybridized carbons (Fsp3) is 0.364. The fourth-order valence-corrected chi connectivity index (χ4v) is 1.93. The molecule has 0 N–H and O–H groups in total. The van der Waals surface area contributed by atoms with Crippen molar-refractivity contribution in [3.05, 3.63) is 22.7 Å². The van der Waals surface area contributed by atoms with Gasteiger partial charge in [0.2, 0.25) is 0 Å². The highest BCUT2D eigenvalue weighted by Crippen LogP contribution is 2.34. The van der Waals surface area contributed by atoms with E-state index in [4.69, 9.17) is 9.47 Å². The number of amides is 1. The van der Waals surface area contributed by atoms with Crippen molar-refractivity contribution in [1.29, 1.82) is 0 Å². The van der Waals surface area contributed by atoms with E-state index in [-0.39, 0.29) is 6.09 Å². The third-order valence-corrected chi connectivity index (χ3v) is 2.77. The van der Waals surface area contributed by atoms with Crippen molar-refractivity contribution in [3.8, 4) is 5.75 Å². The number of nitrogens with zero attached hydrogens (tertiary/aromatic N) is 1. The van der Waals surface area contributed by atoms with E-state index in [0.717, 1.165) is 10.2 Å². The molecule has 0 radical (unpaired) electrons. The molecule has 0 fully saturated rings. The Morgan fingerprint density at radius 2 is 2.44 bits per heavy atom. The molecule has 0 aliphatic carbocycles. The summed E-state index contributed by atoms with van der Waals surface area (Å²) in [6.45, 7) is 3.18. The molecule has 16 heavy (non-hydrogen) atoms. The van der Waals surface area contributed by atoms with Crippen LogP contribution in [0.15, 0.2) is 22.7 Å². The van der Waals surface area contributed by atoms with E-state index in [2.05, 4.69) is 15.9 Å². The Balaban J connectivity index is 2.29. The maximum atomic E-state index is 11.7. The van der Waals surface area contributed by atoms with Gasteiger partial charge >= 0.3 is 6.09 Å². The molecule has 1 amide bonds. The highest BCUT2D eigenvalue weighted by molar-refractivity contribution is 9.10. The van der Waals surface area contributed by atoms with Crippen molar-refractivity contribution in [1.82, 2.24) is 0 Å². The summed E-state index contributed by atoms with van der Waals surface area (Å²) in [4.78, 5) is 13.3. The van der Waals surface area contributed by atoms with Gasteiger partial charge in [-0.25, -0.2) is 4.79 Å². The zero-order valence-electron chi connectivity index (χ0n) is 8.90. The Kier molecular flexibility index (Phi) is 3.33. The Labute approximate surface area is 102 Å². The first-order chi connectivity index (χ1) is 7.72. The lowest BCUT2D eigenvalue weighted by Crippen LogP contribution is -2.38. The van der Waals surface area contributed by atoms with Crippen LogP contribution in [0.5, 0.6) is 5.75 Å². The normalized spacial score (nSPS) is 14.0. The number of hydrogen-bond acceptors (Lipinski definition) is 3. The summed E-state index contributed by atoms with van der Waals surface area (Å²) in [7, 11) is 0. The Hall–Kier alpha value is -1.23. The van der Waals surface area contributed by atoms with Crippen molar-refractivity contribution in [2.45, 2.75) is 6.92 Å². The van der Waals surface area contributed by atoms with Gasteiger partial charge in [0.1, 0.15) is 12.4 Å². The van der Waals surface area contributed by atoms with Gasteiger partial charge in [0, 0.05) is 4.47 Å². The van der Waals surface area contributed by atoms with E-state index in [1.54, 1.807) is 11.8 Å². The van der Waals surface area contributed by atoms with Crippen molar-refractivity contribution < 1.29 is 14.3 Å². The molecule has 1 aromatic rings. The van der Waals surface area contributed by atoms with Crippen LogP contribution < -0.4 is 9.64 Å². The lowest BCUT2D eigenvalue weighted by atomic mass is 10.2. The highest BCUT2D eigenvalue weighted by atomic mass is 79.9. The molecule has 0 atom stereocenters. The number of carbonyl (C=O) groups excluding carboxylic acids is 1. The zero-order valence-corrected chi connectivity index (χ0v) is 10.5. The van der Waals surface area contributed by atoms with Gasteiger partial charge in [-0.2, -0.15) is 0 Å². The maximum absolute atomic E-state index is 11.7. The largest absolute Gasteiger partial charge is 0.489 e. The van der Waals surface area contributed by atoms with Crippen LogP contribution in [0.25, 0.3) is 0 Å². The quantitative estimate of drug-likeness (QED) is 0.796. The summed E-state index contributed by atoms with van der Waals surface area (Å²) in [5.41, 5.74) is 0.757. The molecule has 2 rings (SSSR count). The average molecular weight is 286 g/mol. The standard InChI is InChI=1S/C11H12BrNO3/c1-2-15-11(14)13-5-6-16-10-7-8(12)3-4-9(10)13/h3-4,7H,2,5-6H2,1H3. The van der Waals surface area contributed by atoms with Crippen molar-refractivity contribution in [3.63, 3.8) is 0 Å². The second kappa shape index (κ2) is 4.74. The summed E-state index contributed by atoms with van der Waals surface area (Å²) < 4.78 is 11.4. The maximum Gasteiger partial charge on any atom is 0.414 e. The second-order valence-electron chi connectivity index (χ2n) is 3.31. The number of ether oxygens (including phenoxy) is 2. The van der Waals surface area contributed by atoms with E-state index in [0.29, 0.717) is 25.5 Å². The molecule has 1 aliphatic heterocycles. The molecule has 5 heteroatoms. The minimum atomic E-state index is -0.325. The Bertz CT molecular complexity index is 408. The Morgan fingerprint density at radius 1 is 1.62 bits per heavy atom. The van der Waals surface area contributed by atoms with E-state index >= 15 is 0 Å². The molecule has 0 bridgehead atoms. The number of rotatable bonds is 1. The van der Waals surface area contributed by atoms with Gasteiger partial charge < -0.3 is 9.47 Å². The highest BCUT2D eigenvalue weighted by Gasteiger charge is 2.24. The van der Waals surface area contributed by atoms with E-state index < -0.39 is 0 Å². The zero-order chi connectivity index (χ0) is 11.5. The third kappa shape index (κ3) is 2.14. The topological polar surface area (TPSA) is 38.8 Å². The van der Waals surface area contributed by atoms with Crippen LogP contribution in [0.4, 0.5) is 10.5 Å². The molecule has 0 saturated heterocycles. The molecule has 0 spiro atoms. The minimum absolute atomic E-state index is 0.325. The summed E-state index contributed by atoms with van der Waals surface area (Å²) in [6, 6.07) is 5.57.